The van der Waals surface area contributed by atoms with E-state index in [0.29, 0.717) is 0 Å². The molecule has 0 saturated carbocycles. The van der Waals surface area contributed by atoms with E-state index in [9.17, 15) is 18.8 Å². The molecule has 8 nitrogen and oxygen atoms in total. The number of methoxy groups -OCH3 is 2. The smallest absolute Gasteiger partial charge is 0.355 e. The third kappa shape index (κ3) is 3.57. The molecule has 0 amide bonds. The molecule has 1 N–H and O–H groups in total. The highest BCUT2D eigenvalue weighted by Gasteiger charge is 2.34. The van der Waals surface area contributed by atoms with E-state index in [1.165, 1.54) is 0 Å². The van der Waals surface area contributed by atoms with Crippen molar-refractivity contribution in [3.05, 3.63) is 39.8 Å². The van der Waals surface area contributed by atoms with Gasteiger partial charge in [-0.25, -0.2) is 18.8 Å². The molecule has 0 spiro atoms. The molecule has 1 heterocycles. The van der Waals surface area contributed by atoms with Gasteiger partial charge in [0.1, 0.15) is 18.2 Å². The second kappa shape index (κ2) is 7.49. The second-order valence-electron chi connectivity index (χ2n) is 4.80. The van der Waals surface area contributed by atoms with Crippen LogP contribution in [0.2, 0.25) is 5.02 Å². The number of hydrogen-bond acceptors (Lipinski definition) is 7. The third-order valence-corrected chi connectivity index (χ3v) is 3.69. The number of halogens is 2. The lowest BCUT2D eigenvalue weighted by molar-refractivity contribution is -0.140. The van der Waals surface area contributed by atoms with E-state index in [0.717, 1.165) is 31.3 Å². The van der Waals surface area contributed by atoms with Crippen LogP contribution in [0, 0.1) is 5.82 Å². The van der Waals surface area contributed by atoms with Crippen molar-refractivity contribution in [3.63, 3.8) is 0 Å². The molecule has 0 unspecified atom stereocenters. The second-order valence-corrected chi connectivity index (χ2v) is 5.21. The minimum absolute atomic E-state index is 0.0398. The molecule has 0 bridgehead atoms. The molecule has 1 aromatic rings. The fourth-order valence-electron chi connectivity index (χ4n) is 2.24. The molecule has 1 aliphatic heterocycles. The number of esters is 2. The Bertz CT molecular complexity index is 777. The van der Waals surface area contributed by atoms with Gasteiger partial charge in [0.2, 0.25) is 0 Å². The Morgan fingerprint density at radius 1 is 1.24 bits per heavy atom. The number of carboxylic acid groups (broad SMARTS) is 1. The van der Waals surface area contributed by atoms with Crippen molar-refractivity contribution < 1.29 is 38.1 Å². The molecule has 0 radical (unpaired) electrons. The average molecular weight is 374 g/mol. The number of carboxylic acids is 1. The first-order valence-corrected chi connectivity index (χ1v) is 7.17. The number of aromatic carboxylic acids is 1. The van der Waals surface area contributed by atoms with Gasteiger partial charge < -0.3 is 24.2 Å². The normalized spacial score (nSPS) is 14.3. The number of carbonyl (C=O) groups excluding carboxylic acids is 2. The Morgan fingerprint density at radius 2 is 1.88 bits per heavy atom. The predicted octanol–water partition coefficient (Wildman–Crippen LogP) is 1.57. The highest BCUT2D eigenvalue weighted by atomic mass is 35.5. The molecule has 0 aliphatic carbocycles. The lowest BCUT2D eigenvalue weighted by Gasteiger charge is -2.32. The first kappa shape index (κ1) is 18.7. The van der Waals surface area contributed by atoms with Crippen molar-refractivity contribution in [1.29, 1.82) is 0 Å². The van der Waals surface area contributed by atoms with Crippen LogP contribution in [0.4, 0.5) is 10.1 Å². The summed E-state index contributed by atoms with van der Waals surface area (Å²) in [5, 5.41) is 8.89. The lowest BCUT2D eigenvalue weighted by Crippen LogP contribution is -2.39. The molecule has 0 fully saturated rings. The van der Waals surface area contributed by atoms with Crippen LogP contribution in [-0.4, -0.2) is 50.6 Å². The molecular formula is C15H13ClFNO7. The summed E-state index contributed by atoms with van der Waals surface area (Å²) in [5.41, 5.74) is -1.07. The summed E-state index contributed by atoms with van der Waals surface area (Å²) in [6.07, 6.45) is 0. The number of rotatable bonds is 4. The molecule has 134 valence electrons. The Labute approximate surface area is 146 Å². The molecule has 25 heavy (non-hydrogen) atoms. The summed E-state index contributed by atoms with van der Waals surface area (Å²) >= 11 is 5.99. The largest absolute Gasteiger partial charge is 0.478 e. The molecule has 0 atom stereocenters. The zero-order chi connectivity index (χ0) is 18.7. The standard InChI is InChI=1S/C15H13ClFNO7/c1-23-14(21)8-5-25-6-18(12(8)15(22)24-2)11-3-7(13(19)20)10(17)4-9(11)16/h3-4H,5-6H2,1-2H3,(H,19,20). The zero-order valence-corrected chi connectivity index (χ0v) is 13.9. The Morgan fingerprint density at radius 3 is 2.44 bits per heavy atom. The molecule has 0 saturated heterocycles. The molecule has 2 rings (SSSR count). The van der Waals surface area contributed by atoms with E-state index in [4.69, 9.17) is 21.4 Å². The van der Waals surface area contributed by atoms with Gasteiger partial charge in [-0.3, -0.25) is 0 Å². The maximum absolute atomic E-state index is 13.7. The predicted molar refractivity (Wildman–Crippen MR) is 82.7 cm³/mol. The SMILES string of the molecule is COC(=O)C1=C(C(=O)OC)N(c2cc(C(=O)O)c(F)cc2Cl)COC1. The first-order chi connectivity index (χ1) is 11.8. The Balaban J connectivity index is 2.67. The van der Waals surface area contributed by atoms with Crippen LogP contribution in [-0.2, 0) is 23.8 Å². The van der Waals surface area contributed by atoms with Crippen LogP contribution >= 0.6 is 11.6 Å². The van der Waals surface area contributed by atoms with Crippen LogP contribution in [0.1, 0.15) is 10.4 Å². The van der Waals surface area contributed by atoms with Crippen LogP contribution in [0.25, 0.3) is 0 Å². The molecule has 1 aromatic carbocycles. The van der Waals surface area contributed by atoms with Crippen LogP contribution in [0.3, 0.4) is 0 Å². The van der Waals surface area contributed by atoms with Crippen molar-refractivity contribution in [1.82, 2.24) is 0 Å². The summed E-state index contributed by atoms with van der Waals surface area (Å²) in [5.74, 6) is -4.29. The summed E-state index contributed by atoms with van der Waals surface area (Å²) in [6, 6.07) is 1.73. The summed E-state index contributed by atoms with van der Waals surface area (Å²) < 4.78 is 28.3. The van der Waals surface area contributed by atoms with E-state index >= 15 is 0 Å². The van der Waals surface area contributed by atoms with Gasteiger partial charge in [0.05, 0.1) is 42.7 Å². The van der Waals surface area contributed by atoms with Crippen molar-refractivity contribution >= 4 is 35.2 Å². The molecular weight excluding hydrogens is 361 g/mol. The Kier molecular flexibility index (Phi) is 5.60. The average Bonchev–Trinajstić information content (AvgIpc) is 2.59. The number of ether oxygens (including phenoxy) is 3. The van der Waals surface area contributed by atoms with Gasteiger partial charge in [0.25, 0.3) is 0 Å². The molecule has 10 heteroatoms. The van der Waals surface area contributed by atoms with Gasteiger partial charge in [-0.15, -0.1) is 0 Å². The van der Waals surface area contributed by atoms with Gasteiger partial charge in [0.15, 0.2) is 0 Å². The van der Waals surface area contributed by atoms with Crippen LogP contribution in [0.15, 0.2) is 23.4 Å². The summed E-state index contributed by atoms with van der Waals surface area (Å²) in [6.45, 7) is -0.465. The number of benzene rings is 1. The number of carbonyl (C=O) groups is 3. The summed E-state index contributed by atoms with van der Waals surface area (Å²) in [7, 11) is 2.23. The van der Waals surface area contributed by atoms with Crippen molar-refractivity contribution in [2.75, 3.05) is 32.5 Å². The van der Waals surface area contributed by atoms with Gasteiger partial charge in [0, 0.05) is 0 Å². The van der Waals surface area contributed by atoms with E-state index in [-0.39, 0.29) is 35.3 Å². The first-order valence-electron chi connectivity index (χ1n) is 6.79. The van der Waals surface area contributed by atoms with E-state index in [2.05, 4.69) is 9.47 Å². The van der Waals surface area contributed by atoms with Gasteiger partial charge in [-0.2, -0.15) is 0 Å². The van der Waals surface area contributed by atoms with E-state index < -0.39 is 29.3 Å². The Hall–Kier alpha value is -2.65. The molecule has 0 aromatic heterocycles. The minimum Gasteiger partial charge on any atom is -0.478 e. The van der Waals surface area contributed by atoms with E-state index in [1.54, 1.807) is 0 Å². The van der Waals surface area contributed by atoms with Gasteiger partial charge >= 0.3 is 17.9 Å². The topological polar surface area (TPSA) is 102 Å². The third-order valence-electron chi connectivity index (χ3n) is 3.39. The fraction of sp³-hybridized carbons (Fsp3) is 0.267. The minimum atomic E-state index is -1.52. The maximum atomic E-state index is 13.7. The van der Waals surface area contributed by atoms with Crippen molar-refractivity contribution in [2.24, 2.45) is 0 Å². The highest BCUT2D eigenvalue weighted by molar-refractivity contribution is 6.33. The van der Waals surface area contributed by atoms with Crippen molar-refractivity contribution in [2.45, 2.75) is 0 Å². The van der Waals surface area contributed by atoms with Crippen LogP contribution in [0.5, 0.6) is 0 Å². The van der Waals surface area contributed by atoms with Gasteiger partial charge in [-0.1, -0.05) is 11.6 Å². The monoisotopic (exact) mass is 373 g/mol. The van der Waals surface area contributed by atoms with Crippen molar-refractivity contribution in [3.8, 4) is 0 Å². The number of nitrogens with zero attached hydrogens (tertiary/aromatic N) is 1. The zero-order valence-electron chi connectivity index (χ0n) is 13.2. The molecule has 1 aliphatic rings. The number of anilines is 1. The summed E-state index contributed by atoms with van der Waals surface area (Å²) in [4.78, 5) is 36.3. The van der Waals surface area contributed by atoms with E-state index in [1.807, 2.05) is 0 Å². The van der Waals surface area contributed by atoms with Gasteiger partial charge in [-0.05, 0) is 12.1 Å². The maximum Gasteiger partial charge on any atom is 0.355 e. The lowest BCUT2D eigenvalue weighted by atomic mass is 10.1. The van der Waals surface area contributed by atoms with Crippen LogP contribution < -0.4 is 4.90 Å². The fourth-order valence-corrected chi connectivity index (χ4v) is 2.49. The highest BCUT2D eigenvalue weighted by Crippen LogP contribution is 2.34. The number of hydrogen-bond donors (Lipinski definition) is 1. The quantitative estimate of drug-likeness (QED) is 0.793.